The number of aryl methyl sites for hydroxylation is 1. The molecule has 1 heterocycles. The molecule has 0 spiro atoms. The highest BCUT2D eigenvalue weighted by molar-refractivity contribution is 5.94. The van der Waals surface area contributed by atoms with E-state index in [1.54, 1.807) is 37.4 Å². The molecule has 0 aliphatic rings. The fourth-order valence-corrected chi connectivity index (χ4v) is 2.93. The van der Waals surface area contributed by atoms with Crippen molar-refractivity contribution in [1.29, 1.82) is 0 Å². The van der Waals surface area contributed by atoms with Crippen molar-refractivity contribution in [3.8, 4) is 11.3 Å². The van der Waals surface area contributed by atoms with Gasteiger partial charge in [-0.15, -0.1) is 0 Å². The second-order valence-corrected chi connectivity index (χ2v) is 6.32. The number of carbonyl (C=O) groups is 1. The van der Waals surface area contributed by atoms with Crippen LogP contribution in [0.15, 0.2) is 60.8 Å². The monoisotopic (exact) mass is 370 g/mol. The molecule has 0 unspecified atom stereocenters. The molecule has 3 nitrogen and oxygen atoms in total. The summed E-state index contributed by atoms with van der Waals surface area (Å²) < 4.78 is 38.6. The average molecular weight is 370 g/mol. The van der Waals surface area contributed by atoms with E-state index in [4.69, 9.17) is 5.73 Å². The Morgan fingerprint density at radius 2 is 1.78 bits per heavy atom. The van der Waals surface area contributed by atoms with E-state index in [1.165, 1.54) is 6.07 Å². The van der Waals surface area contributed by atoms with Crippen LogP contribution < -0.4 is 5.73 Å². The molecule has 2 N–H and O–H groups in total. The van der Waals surface area contributed by atoms with Crippen LogP contribution in [0.5, 0.6) is 0 Å². The van der Waals surface area contributed by atoms with Crippen LogP contribution >= 0.6 is 0 Å². The molecule has 1 aromatic heterocycles. The predicted octanol–water partition coefficient (Wildman–Crippen LogP) is 4.77. The minimum absolute atomic E-state index is 0.359. The van der Waals surface area contributed by atoms with Crippen molar-refractivity contribution in [1.82, 2.24) is 4.98 Å². The molecule has 0 atom stereocenters. The summed E-state index contributed by atoms with van der Waals surface area (Å²) in [6.45, 7) is 1.79. The van der Waals surface area contributed by atoms with E-state index in [0.29, 0.717) is 23.2 Å². The Labute approximate surface area is 154 Å². The number of hydrogen-bond acceptors (Lipinski definition) is 2. The maximum absolute atomic E-state index is 12.9. The minimum Gasteiger partial charge on any atom is -0.366 e. The molecule has 27 heavy (non-hydrogen) atoms. The lowest BCUT2D eigenvalue weighted by molar-refractivity contribution is -0.137. The van der Waals surface area contributed by atoms with Crippen LogP contribution in [0.3, 0.4) is 0 Å². The third-order valence-electron chi connectivity index (χ3n) is 4.27. The first-order chi connectivity index (χ1) is 12.7. The number of halogens is 3. The number of nitrogens with zero attached hydrogens (tertiary/aromatic N) is 1. The molecular weight excluding hydrogens is 353 g/mol. The van der Waals surface area contributed by atoms with E-state index >= 15 is 0 Å². The van der Waals surface area contributed by atoms with Crippen LogP contribution in [-0.2, 0) is 12.6 Å². The highest BCUT2D eigenvalue weighted by Crippen LogP contribution is 2.30. The van der Waals surface area contributed by atoms with Crippen LogP contribution in [-0.4, -0.2) is 10.9 Å². The number of nitrogens with two attached hydrogens (primary N) is 1. The summed E-state index contributed by atoms with van der Waals surface area (Å²) in [4.78, 5) is 15.7. The smallest absolute Gasteiger partial charge is 0.366 e. The number of aromatic nitrogens is 1. The summed E-state index contributed by atoms with van der Waals surface area (Å²) in [6, 6.07) is 14.1. The Balaban J connectivity index is 1.89. The molecule has 0 aliphatic heterocycles. The molecule has 2 aromatic carbocycles. The van der Waals surface area contributed by atoms with E-state index < -0.39 is 17.6 Å². The van der Waals surface area contributed by atoms with Crippen LogP contribution in [0.25, 0.3) is 11.3 Å². The number of alkyl halides is 3. The van der Waals surface area contributed by atoms with Crippen molar-refractivity contribution in [3.05, 3.63) is 88.6 Å². The summed E-state index contributed by atoms with van der Waals surface area (Å²) in [6.07, 6.45) is -2.38. The third-order valence-corrected chi connectivity index (χ3v) is 4.27. The minimum atomic E-state index is -4.36. The molecule has 0 fully saturated rings. The number of hydrogen-bond donors (Lipinski definition) is 1. The van der Waals surface area contributed by atoms with E-state index in [0.717, 1.165) is 28.8 Å². The first kappa shape index (κ1) is 18.6. The van der Waals surface area contributed by atoms with Crippen LogP contribution in [0, 0.1) is 6.92 Å². The maximum atomic E-state index is 12.9. The van der Waals surface area contributed by atoms with Crippen molar-refractivity contribution in [3.63, 3.8) is 0 Å². The number of amides is 1. The van der Waals surface area contributed by atoms with Crippen LogP contribution in [0.1, 0.15) is 32.6 Å². The molecule has 138 valence electrons. The zero-order chi connectivity index (χ0) is 19.6. The van der Waals surface area contributed by atoms with Gasteiger partial charge >= 0.3 is 6.18 Å². The molecule has 0 aliphatic carbocycles. The molecule has 0 saturated heterocycles. The van der Waals surface area contributed by atoms with Gasteiger partial charge < -0.3 is 5.73 Å². The van der Waals surface area contributed by atoms with Gasteiger partial charge in [-0.2, -0.15) is 13.2 Å². The molecule has 6 heteroatoms. The van der Waals surface area contributed by atoms with Crippen molar-refractivity contribution in [2.45, 2.75) is 19.5 Å². The van der Waals surface area contributed by atoms with Crippen molar-refractivity contribution >= 4 is 5.91 Å². The summed E-state index contributed by atoms with van der Waals surface area (Å²) >= 11 is 0. The van der Waals surface area contributed by atoms with Gasteiger partial charge in [-0.1, -0.05) is 24.3 Å². The fraction of sp³-hybridized carbons (Fsp3) is 0.143. The molecule has 0 bridgehead atoms. The quantitative estimate of drug-likeness (QED) is 0.719. The fourth-order valence-electron chi connectivity index (χ4n) is 2.93. The van der Waals surface area contributed by atoms with Gasteiger partial charge in [0.2, 0.25) is 5.91 Å². The van der Waals surface area contributed by atoms with Crippen molar-refractivity contribution < 1.29 is 18.0 Å². The Morgan fingerprint density at radius 1 is 1.04 bits per heavy atom. The Morgan fingerprint density at radius 3 is 2.44 bits per heavy atom. The number of pyridine rings is 1. The van der Waals surface area contributed by atoms with Gasteiger partial charge in [-0.3, -0.25) is 9.78 Å². The summed E-state index contributed by atoms with van der Waals surface area (Å²) in [5.74, 6) is -0.495. The zero-order valence-corrected chi connectivity index (χ0v) is 14.5. The SMILES string of the molecule is Cc1cc(-c2cc(Cc3cccc(C(F)(F)F)c3)ccn2)ccc1C(N)=O. The molecular formula is C21H17F3N2O. The zero-order valence-electron chi connectivity index (χ0n) is 14.5. The molecule has 0 saturated carbocycles. The van der Waals surface area contributed by atoms with Crippen LogP contribution in [0.4, 0.5) is 13.2 Å². The molecule has 3 rings (SSSR count). The van der Waals surface area contributed by atoms with Gasteiger partial charge in [-0.25, -0.2) is 0 Å². The number of benzene rings is 2. The number of primary amides is 1. The normalized spacial score (nSPS) is 11.4. The van der Waals surface area contributed by atoms with E-state index in [1.807, 2.05) is 12.1 Å². The highest BCUT2D eigenvalue weighted by Gasteiger charge is 2.30. The lowest BCUT2D eigenvalue weighted by Gasteiger charge is -2.10. The first-order valence-electron chi connectivity index (χ1n) is 8.26. The topological polar surface area (TPSA) is 56.0 Å². The Bertz CT molecular complexity index is 997. The van der Waals surface area contributed by atoms with Gasteiger partial charge in [0, 0.05) is 17.3 Å². The van der Waals surface area contributed by atoms with E-state index in [9.17, 15) is 18.0 Å². The second-order valence-electron chi connectivity index (χ2n) is 6.32. The van der Waals surface area contributed by atoms with Crippen LogP contribution in [0.2, 0.25) is 0 Å². The molecule has 3 aromatic rings. The Hall–Kier alpha value is -3.15. The van der Waals surface area contributed by atoms with Gasteiger partial charge in [0.25, 0.3) is 0 Å². The summed E-state index contributed by atoms with van der Waals surface area (Å²) in [5.41, 5.74) is 8.75. The van der Waals surface area contributed by atoms with E-state index in [2.05, 4.69) is 4.98 Å². The molecule has 1 amide bonds. The average Bonchev–Trinajstić information content (AvgIpc) is 2.61. The summed E-state index contributed by atoms with van der Waals surface area (Å²) in [7, 11) is 0. The first-order valence-corrected chi connectivity index (χ1v) is 8.26. The Kier molecular flexibility index (Phi) is 4.99. The lowest BCUT2D eigenvalue weighted by Crippen LogP contribution is -2.12. The number of rotatable bonds is 4. The van der Waals surface area contributed by atoms with Gasteiger partial charge in [0.1, 0.15) is 0 Å². The van der Waals surface area contributed by atoms with Gasteiger partial charge in [0.15, 0.2) is 0 Å². The third kappa shape index (κ3) is 4.34. The molecule has 0 radical (unpaired) electrons. The summed E-state index contributed by atoms with van der Waals surface area (Å²) in [5, 5.41) is 0. The van der Waals surface area contributed by atoms with Gasteiger partial charge in [0.05, 0.1) is 11.3 Å². The van der Waals surface area contributed by atoms with Crippen molar-refractivity contribution in [2.24, 2.45) is 5.73 Å². The standard InChI is InChI=1S/C21H17F3N2O/c1-13-9-16(5-6-18(13)20(25)27)19-12-15(7-8-26-19)10-14-3-2-4-17(11-14)21(22,23)24/h2-9,11-12H,10H2,1H3,(H2,25,27). The van der Waals surface area contributed by atoms with Crippen molar-refractivity contribution in [2.75, 3.05) is 0 Å². The number of carbonyl (C=O) groups excluding carboxylic acids is 1. The largest absolute Gasteiger partial charge is 0.416 e. The lowest BCUT2D eigenvalue weighted by atomic mass is 9.99. The van der Waals surface area contributed by atoms with Gasteiger partial charge in [-0.05, 0) is 60.4 Å². The van der Waals surface area contributed by atoms with E-state index in [-0.39, 0.29) is 0 Å². The predicted molar refractivity (Wildman–Crippen MR) is 97.2 cm³/mol. The second kappa shape index (κ2) is 7.23. The highest BCUT2D eigenvalue weighted by atomic mass is 19.4. The maximum Gasteiger partial charge on any atom is 0.416 e.